The number of nitrogens with zero attached hydrogens (tertiary/aromatic N) is 1. The molecule has 6 aromatic carbocycles. The molecule has 16 bridgehead atoms. The maximum absolute atomic E-state index is 14.2. The van der Waals surface area contributed by atoms with Gasteiger partial charge in [-0.1, -0.05) is 103 Å². The molecule has 12 aliphatic rings. The van der Waals surface area contributed by atoms with E-state index in [9.17, 15) is 47.9 Å². The van der Waals surface area contributed by atoms with Gasteiger partial charge in [-0.25, -0.2) is 4.98 Å². The van der Waals surface area contributed by atoms with Crippen LogP contribution >= 0.6 is 0 Å². The van der Waals surface area contributed by atoms with E-state index in [0.29, 0.717) is 35.1 Å². The Morgan fingerprint density at radius 3 is 1.01 bits per heavy atom. The predicted octanol–water partition coefficient (Wildman–Crippen LogP) is 5.59. The maximum atomic E-state index is 14.2. The number of esters is 2. The monoisotopic (exact) mass is 1190 g/mol. The van der Waals surface area contributed by atoms with Crippen LogP contribution in [0.15, 0.2) is 164 Å². The first kappa shape index (κ1) is 61.7. The van der Waals surface area contributed by atoms with E-state index in [2.05, 4.69) is 47.5 Å². The van der Waals surface area contributed by atoms with Gasteiger partial charge in [0.1, 0.15) is 35.8 Å². The quantitative estimate of drug-likeness (QED) is 0.0944. The maximum Gasteiger partial charge on any atom is 0.305 e. The van der Waals surface area contributed by atoms with Crippen LogP contribution in [-0.4, -0.2) is 103 Å². The Hall–Kier alpha value is -10.8. The van der Waals surface area contributed by atoms with Crippen LogP contribution in [0.5, 0.6) is 0 Å². The largest absolute Gasteiger partial charge is 0.469 e. The number of nitrogens with one attached hydrogen (secondary N) is 8. The molecule has 0 unspecified atom stereocenters. The second kappa shape index (κ2) is 29.3. The number of aromatic nitrogens is 1. The number of amides is 8. The molecular weight excluding hydrogens is 1120 g/mol. The molecule has 450 valence electrons. The van der Waals surface area contributed by atoms with E-state index >= 15 is 0 Å². The van der Waals surface area contributed by atoms with Gasteiger partial charge < -0.3 is 52.0 Å². The van der Waals surface area contributed by atoms with Gasteiger partial charge in [0.05, 0.1) is 14.2 Å². The summed E-state index contributed by atoms with van der Waals surface area (Å²) in [5.41, 5.74) is 7.35. The number of ether oxygens (including phenoxy) is 2. The first-order chi connectivity index (χ1) is 42.5. The Kier molecular flexibility index (Phi) is 20.6. The number of carbonyl (C=O) groups excluding carboxylic acids is 10. The summed E-state index contributed by atoms with van der Waals surface area (Å²) in [7, 11) is 2.37. The van der Waals surface area contributed by atoms with Gasteiger partial charge in [0.2, 0.25) is 23.6 Å². The van der Waals surface area contributed by atoms with Crippen molar-refractivity contribution < 1.29 is 57.4 Å². The molecular formula is C67H65N9O12. The summed E-state index contributed by atoms with van der Waals surface area (Å²) in [4.78, 5) is 141. The lowest BCUT2D eigenvalue weighted by Gasteiger charge is -2.20. The number of carbonyl (C=O) groups is 10. The number of fused-ring (bicyclic) bond motifs is 2. The summed E-state index contributed by atoms with van der Waals surface area (Å²) >= 11 is 0. The second-order valence-electron chi connectivity index (χ2n) is 21.3. The van der Waals surface area contributed by atoms with E-state index in [-0.39, 0.29) is 74.4 Å². The average molecular weight is 1190 g/mol. The standard InChI is InChI=1S/C67H65N9O12/c1-87-58(77)32-30-52-66(85)75-56-4-3-5-57(74-56)76-67(86)53(31-33-59(78)88-2)71-61(80)49-28-20-45(21-29-49)37-55-65(84)69-39-47-12-8-41(9-13-47)34-42-14-22-50(23-15-42)62(81)72-54(36-44-18-26-48(27-19-44)60(79)70-52)64(83)68-38-46-10-6-40(7-11-46)35-43-16-24-51(25-17-43)63(82)73-55/h3-29,52-55H,30-39H2,1-2H3,(H,68,83)(H,69,84)(H,70,79)(H,71,80)(H,72,81)(H,73,82)(H2,74,75,76,85,86)/t52-,53-,54-,55-/m0/s1. The number of rotatable bonds is 6. The number of anilines is 2. The first-order valence-corrected chi connectivity index (χ1v) is 28.6. The van der Waals surface area contributed by atoms with Crippen molar-refractivity contribution in [3.63, 3.8) is 0 Å². The van der Waals surface area contributed by atoms with Gasteiger partial charge in [-0.15, -0.1) is 0 Å². The molecule has 88 heavy (non-hydrogen) atoms. The number of pyridine rings is 1. The summed E-state index contributed by atoms with van der Waals surface area (Å²) in [6, 6.07) is 41.4. The van der Waals surface area contributed by atoms with Crippen LogP contribution in [0.4, 0.5) is 11.6 Å². The van der Waals surface area contributed by atoms with E-state index in [4.69, 9.17) is 9.47 Å². The molecule has 4 atom stereocenters. The third-order valence-electron chi connectivity index (χ3n) is 15.0. The van der Waals surface area contributed by atoms with Crippen molar-refractivity contribution in [3.8, 4) is 0 Å². The highest BCUT2D eigenvalue weighted by molar-refractivity contribution is 6.03. The van der Waals surface area contributed by atoms with Gasteiger partial charge in [-0.2, -0.15) is 0 Å². The fraction of sp³-hybridized carbons (Fsp3) is 0.239. The van der Waals surface area contributed by atoms with Crippen molar-refractivity contribution in [1.82, 2.24) is 36.9 Å². The van der Waals surface area contributed by atoms with Crippen molar-refractivity contribution in [3.05, 3.63) is 231 Å². The average Bonchev–Trinajstić information content (AvgIpc) is 3.74. The highest BCUT2D eigenvalue weighted by Gasteiger charge is 2.28. The van der Waals surface area contributed by atoms with Crippen molar-refractivity contribution in [1.29, 1.82) is 0 Å². The van der Waals surface area contributed by atoms with Gasteiger partial charge in [-0.3, -0.25) is 47.9 Å². The summed E-state index contributed by atoms with van der Waals surface area (Å²) in [6.07, 6.45) is 0.176. The molecule has 21 nitrogen and oxygen atoms in total. The zero-order valence-electron chi connectivity index (χ0n) is 48.3. The molecule has 21 heteroatoms. The lowest BCUT2D eigenvalue weighted by atomic mass is 10.00. The molecule has 8 N–H and O–H groups in total. The topological polar surface area (TPSA) is 298 Å². The van der Waals surface area contributed by atoms with Crippen molar-refractivity contribution >= 4 is 70.8 Å². The molecule has 1 aromatic heterocycles. The molecule has 0 saturated carbocycles. The molecule has 0 spiro atoms. The zero-order chi connectivity index (χ0) is 62.1. The molecule has 0 radical (unpaired) electrons. The highest BCUT2D eigenvalue weighted by Crippen LogP contribution is 2.19. The minimum atomic E-state index is -1.32. The number of hydrogen-bond acceptors (Lipinski definition) is 13. The van der Waals surface area contributed by atoms with Crippen LogP contribution in [0.3, 0.4) is 0 Å². The highest BCUT2D eigenvalue weighted by atomic mass is 16.5. The van der Waals surface area contributed by atoms with Gasteiger partial charge >= 0.3 is 11.9 Å². The molecule has 0 saturated heterocycles. The molecule has 13 heterocycles. The van der Waals surface area contributed by atoms with Crippen molar-refractivity contribution in [2.45, 2.75) is 88.6 Å². The normalized spacial score (nSPS) is 18.1. The smallest absolute Gasteiger partial charge is 0.305 e. The predicted molar refractivity (Wildman–Crippen MR) is 324 cm³/mol. The zero-order valence-corrected chi connectivity index (χ0v) is 48.3. The van der Waals surface area contributed by atoms with E-state index in [0.717, 1.165) is 33.4 Å². The summed E-state index contributed by atoms with van der Waals surface area (Å²) in [6.45, 7) is 0.267. The van der Waals surface area contributed by atoms with Crippen LogP contribution < -0.4 is 42.5 Å². The Bertz CT molecular complexity index is 3470. The van der Waals surface area contributed by atoms with Crippen molar-refractivity contribution in [2.24, 2.45) is 0 Å². The SMILES string of the molecule is COC(=O)CC[C@@H]1NC(=O)c2ccc(cc2)C[C@@H]2NC(=O)c3ccc(cc3)Cc3ccc(cc3)CNC(=O)[C@H](Cc3ccc(cc3)C(=O)N[C@@H](CCC(=O)OC)C(=O)Nc3cccc(n3)NC1=O)NC(=O)c1ccc(cc1)Cc1ccc(cc1)CNC2=O. The summed E-state index contributed by atoms with van der Waals surface area (Å²) < 4.78 is 9.63. The number of methoxy groups -OCH3 is 2. The van der Waals surface area contributed by atoms with Crippen LogP contribution in [-0.2, 0) is 77.0 Å². The van der Waals surface area contributed by atoms with Gasteiger partial charge in [0.15, 0.2) is 0 Å². The van der Waals surface area contributed by atoms with Gasteiger partial charge in [-0.05, 0) is 131 Å². The molecule has 7 aromatic rings. The third-order valence-corrected chi connectivity index (χ3v) is 15.0. The molecule has 12 aliphatic heterocycles. The molecule has 19 rings (SSSR count). The lowest BCUT2D eigenvalue weighted by molar-refractivity contribution is -0.141. The Morgan fingerprint density at radius 1 is 0.386 bits per heavy atom. The van der Waals surface area contributed by atoms with E-state index in [1.54, 1.807) is 48.5 Å². The molecule has 0 aliphatic carbocycles. The Balaban J connectivity index is 1.06. The van der Waals surface area contributed by atoms with E-state index < -0.39 is 83.4 Å². The number of hydrogen-bond donors (Lipinski definition) is 8. The Labute approximate surface area is 507 Å². The summed E-state index contributed by atoms with van der Waals surface area (Å²) in [5.74, 6) is -6.24. The molecule has 8 amide bonds. The first-order valence-electron chi connectivity index (χ1n) is 28.6. The Morgan fingerprint density at radius 2 is 0.682 bits per heavy atom. The fourth-order valence-corrected chi connectivity index (χ4v) is 9.90. The van der Waals surface area contributed by atoms with Crippen LogP contribution in [0.1, 0.15) is 112 Å². The minimum Gasteiger partial charge on any atom is -0.469 e. The van der Waals surface area contributed by atoms with Crippen LogP contribution in [0, 0.1) is 0 Å². The van der Waals surface area contributed by atoms with Crippen molar-refractivity contribution in [2.75, 3.05) is 24.9 Å². The molecule has 0 fully saturated rings. The van der Waals surface area contributed by atoms with E-state index in [1.165, 1.54) is 56.7 Å². The second-order valence-corrected chi connectivity index (χ2v) is 21.3. The number of benzene rings is 6. The third kappa shape index (κ3) is 17.2. The van der Waals surface area contributed by atoms with Gasteiger partial charge in [0, 0.05) is 61.0 Å². The van der Waals surface area contributed by atoms with Crippen LogP contribution in [0.25, 0.3) is 0 Å². The summed E-state index contributed by atoms with van der Waals surface area (Å²) in [5, 5.41) is 22.4. The minimum absolute atomic E-state index is 0.0185. The van der Waals surface area contributed by atoms with Crippen LogP contribution in [0.2, 0.25) is 0 Å². The van der Waals surface area contributed by atoms with E-state index in [1.807, 2.05) is 72.8 Å². The van der Waals surface area contributed by atoms with Gasteiger partial charge in [0.25, 0.3) is 23.6 Å². The fourth-order valence-electron chi connectivity index (χ4n) is 9.90. The lowest BCUT2D eigenvalue weighted by Crippen LogP contribution is -2.47.